The van der Waals surface area contributed by atoms with E-state index in [1.165, 1.54) is 12.1 Å². The third-order valence-electron chi connectivity index (χ3n) is 3.33. The number of anilines is 1. The molecule has 1 aromatic heterocycles. The maximum atomic E-state index is 12.0. The molecule has 1 fully saturated rings. The van der Waals surface area contributed by atoms with Crippen molar-refractivity contribution in [2.24, 2.45) is 5.92 Å². The average Bonchev–Trinajstić information content (AvgIpc) is 2.50. The van der Waals surface area contributed by atoms with Gasteiger partial charge in [-0.05, 0) is 37.6 Å². The monoisotopic (exact) mass is 389 g/mol. The van der Waals surface area contributed by atoms with Gasteiger partial charge in [-0.15, -0.1) is 13.2 Å². The number of pyridine rings is 1. The summed E-state index contributed by atoms with van der Waals surface area (Å²) in [5, 5.41) is 13.6. The summed E-state index contributed by atoms with van der Waals surface area (Å²) in [4.78, 5) is 12.8. The van der Waals surface area contributed by atoms with Gasteiger partial charge in [0.1, 0.15) is 11.6 Å². The van der Waals surface area contributed by atoms with E-state index in [0.29, 0.717) is 11.7 Å². The largest absolute Gasteiger partial charge is 0.573 e. The summed E-state index contributed by atoms with van der Waals surface area (Å²) in [7, 11) is 0. The van der Waals surface area contributed by atoms with Gasteiger partial charge in [-0.1, -0.05) is 6.92 Å². The minimum absolute atomic E-state index is 0.281. The van der Waals surface area contributed by atoms with Crippen molar-refractivity contribution in [1.29, 1.82) is 0 Å². The maximum absolute atomic E-state index is 12.0. The molecular weight excluding hydrogens is 372 g/mol. The van der Waals surface area contributed by atoms with Crippen LogP contribution in [-0.2, 0) is 4.79 Å². The Morgan fingerprint density at radius 3 is 2.35 bits per heavy atom. The highest BCUT2D eigenvalue weighted by molar-refractivity contribution is 5.73. The van der Waals surface area contributed by atoms with Crippen LogP contribution in [0.1, 0.15) is 13.3 Å². The predicted octanol–water partition coefficient (Wildman–Crippen LogP) is 3.02. The number of carbonyl (C=O) groups is 1. The number of halogens is 6. The molecule has 0 unspecified atom stereocenters. The molecule has 0 amide bonds. The highest BCUT2D eigenvalue weighted by Crippen LogP contribution is 2.23. The van der Waals surface area contributed by atoms with E-state index in [2.05, 4.69) is 27.3 Å². The summed E-state index contributed by atoms with van der Waals surface area (Å²) in [6.07, 6.45) is -7.73. The van der Waals surface area contributed by atoms with E-state index in [4.69, 9.17) is 9.90 Å². The topological polar surface area (TPSA) is 83.5 Å². The number of carboxylic acids is 1. The lowest BCUT2D eigenvalue weighted by atomic mass is 9.95. The third kappa shape index (κ3) is 8.23. The van der Waals surface area contributed by atoms with Crippen LogP contribution in [-0.4, -0.2) is 47.7 Å². The average molecular weight is 389 g/mol. The zero-order valence-corrected chi connectivity index (χ0v) is 13.5. The van der Waals surface area contributed by atoms with E-state index in [9.17, 15) is 26.3 Å². The molecule has 0 saturated carbocycles. The van der Waals surface area contributed by atoms with Gasteiger partial charge in [-0.25, -0.2) is 9.78 Å². The molecule has 3 N–H and O–H groups in total. The first-order valence-corrected chi connectivity index (χ1v) is 7.37. The van der Waals surface area contributed by atoms with Crippen molar-refractivity contribution in [3.8, 4) is 5.75 Å². The zero-order valence-electron chi connectivity index (χ0n) is 13.5. The summed E-state index contributed by atoms with van der Waals surface area (Å²) < 4.78 is 71.5. The van der Waals surface area contributed by atoms with Crippen LogP contribution in [0.25, 0.3) is 0 Å². The smallest absolute Gasteiger partial charge is 0.475 e. The molecule has 0 aromatic carbocycles. The first-order chi connectivity index (χ1) is 11.9. The third-order valence-corrected chi connectivity index (χ3v) is 3.33. The number of hydrogen-bond acceptors (Lipinski definition) is 5. The van der Waals surface area contributed by atoms with E-state index in [0.717, 1.165) is 25.7 Å². The summed E-state index contributed by atoms with van der Waals surface area (Å²) in [5.41, 5.74) is 0. The number of aromatic nitrogens is 1. The number of rotatable bonds is 3. The quantitative estimate of drug-likeness (QED) is 0.690. The van der Waals surface area contributed by atoms with Crippen LogP contribution in [0.2, 0.25) is 0 Å². The van der Waals surface area contributed by atoms with Gasteiger partial charge in [-0.2, -0.15) is 13.2 Å². The molecule has 0 radical (unpaired) electrons. The molecule has 2 rings (SSSR count). The fraction of sp³-hybridized carbons (Fsp3) is 0.571. The molecule has 1 aliphatic heterocycles. The van der Waals surface area contributed by atoms with Gasteiger partial charge < -0.3 is 20.5 Å². The molecule has 1 saturated heterocycles. The van der Waals surface area contributed by atoms with E-state index >= 15 is 0 Å². The molecule has 2 atom stereocenters. The summed E-state index contributed by atoms with van der Waals surface area (Å²) in [6, 6.07) is 3.04. The Hall–Kier alpha value is -2.24. The van der Waals surface area contributed by atoms with Crippen LogP contribution in [0, 0.1) is 5.92 Å². The van der Waals surface area contributed by atoms with E-state index in [1.54, 1.807) is 0 Å². The van der Waals surface area contributed by atoms with Gasteiger partial charge >= 0.3 is 18.5 Å². The van der Waals surface area contributed by atoms with Gasteiger partial charge in [0, 0.05) is 6.04 Å². The molecule has 2 heterocycles. The van der Waals surface area contributed by atoms with Crippen molar-refractivity contribution >= 4 is 11.8 Å². The highest BCUT2D eigenvalue weighted by atomic mass is 19.4. The Morgan fingerprint density at radius 1 is 1.31 bits per heavy atom. The van der Waals surface area contributed by atoms with Gasteiger partial charge in [0.2, 0.25) is 0 Å². The van der Waals surface area contributed by atoms with Crippen molar-refractivity contribution in [1.82, 2.24) is 10.3 Å². The Morgan fingerprint density at radius 2 is 1.92 bits per heavy atom. The Balaban J connectivity index is 0.000000412. The standard InChI is InChI=1S/C12H16F3N3O.C2HF3O2/c1-8-6-16-5-4-10(8)18-11-3-2-9(7-17-11)19-12(13,14)15;3-2(4,5)1(6)7/h2-3,7-8,10,16H,4-6H2,1H3,(H,17,18);(H,6,7)/t8-,10+;/m0./s1. The lowest BCUT2D eigenvalue weighted by Gasteiger charge is -2.30. The first-order valence-electron chi connectivity index (χ1n) is 7.37. The zero-order chi connectivity index (χ0) is 20.0. The van der Waals surface area contributed by atoms with Crippen LogP contribution < -0.4 is 15.4 Å². The van der Waals surface area contributed by atoms with E-state index < -0.39 is 18.5 Å². The van der Waals surface area contributed by atoms with Crippen molar-refractivity contribution in [3.63, 3.8) is 0 Å². The Kier molecular flexibility index (Phi) is 7.48. The molecule has 12 heteroatoms. The van der Waals surface area contributed by atoms with Crippen LogP contribution in [0.4, 0.5) is 32.2 Å². The second-order valence-electron chi connectivity index (χ2n) is 5.45. The molecule has 0 aliphatic carbocycles. The number of piperidine rings is 1. The second kappa shape index (κ2) is 8.92. The van der Waals surface area contributed by atoms with E-state index in [-0.39, 0.29) is 11.8 Å². The minimum Gasteiger partial charge on any atom is -0.475 e. The number of ether oxygens (including phenoxy) is 1. The molecule has 1 aliphatic rings. The molecule has 26 heavy (non-hydrogen) atoms. The summed E-state index contributed by atoms with van der Waals surface area (Å²) >= 11 is 0. The van der Waals surface area contributed by atoms with Crippen LogP contribution in [0.3, 0.4) is 0 Å². The first kappa shape index (κ1) is 21.8. The molecule has 1 aromatic rings. The van der Waals surface area contributed by atoms with E-state index in [1.807, 2.05) is 0 Å². The van der Waals surface area contributed by atoms with Gasteiger partial charge in [0.25, 0.3) is 0 Å². The van der Waals surface area contributed by atoms with Gasteiger partial charge in [0.15, 0.2) is 0 Å². The number of aliphatic carboxylic acids is 1. The number of carboxylic acid groups (broad SMARTS) is 1. The SMILES string of the molecule is C[C@H]1CNCC[C@H]1Nc1ccc(OC(F)(F)F)cn1.O=C(O)C(F)(F)F. The van der Waals surface area contributed by atoms with Crippen LogP contribution in [0.5, 0.6) is 5.75 Å². The minimum atomic E-state index is -5.08. The van der Waals surface area contributed by atoms with Crippen molar-refractivity contribution < 1.29 is 41.0 Å². The van der Waals surface area contributed by atoms with Crippen molar-refractivity contribution in [2.75, 3.05) is 18.4 Å². The van der Waals surface area contributed by atoms with Gasteiger partial charge in [0.05, 0.1) is 6.20 Å². The Labute approximate surface area is 144 Å². The van der Waals surface area contributed by atoms with Crippen LogP contribution >= 0.6 is 0 Å². The van der Waals surface area contributed by atoms with Crippen molar-refractivity contribution in [2.45, 2.75) is 31.9 Å². The van der Waals surface area contributed by atoms with Crippen molar-refractivity contribution in [3.05, 3.63) is 18.3 Å². The molecule has 0 spiro atoms. The molecular formula is C14H17F6N3O3. The Bertz CT molecular complexity index is 577. The fourth-order valence-corrected chi connectivity index (χ4v) is 2.08. The molecule has 6 nitrogen and oxygen atoms in total. The number of alkyl halides is 6. The number of nitrogens with one attached hydrogen (secondary N) is 2. The molecule has 148 valence electrons. The lowest BCUT2D eigenvalue weighted by molar-refractivity contribution is -0.274. The summed E-state index contributed by atoms with van der Waals surface area (Å²) in [5.74, 6) is -2.06. The number of hydrogen-bond donors (Lipinski definition) is 3. The normalized spacial score (nSPS) is 20.6. The highest BCUT2D eigenvalue weighted by Gasteiger charge is 2.38. The maximum Gasteiger partial charge on any atom is 0.573 e. The fourth-order valence-electron chi connectivity index (χ4n) is 2.08. The number of nitrogens with zero attached hydrogens (tertiary/aromatic N) is 1. The molecule has 0 bridgehead atoms. The predicted molar refractivity (Wildman–Crippen MR) is 78.7 cm³/mol. The second-order valence-corrected chi connectivity index (χ2v) is 5.45. The summed E-state index contributed by atoms with van der Waals surface area (Å²) in [6.45, 7) is 3.97. The lowest BCUT2D eigenvalue weighted by Crippen LogP contribution is -2.42. The van der Waals surface area contributed by atoms with Gasteiger partial charge in [-0.3, -0.25) is 0 Å². The van der Waals surface area contributed by atoms with Crippen LogP contribution in [0.15, 0.2) is 18.3 Å².